The standard InChI is InChI=1S/C20H25NO3/c1-3-18(24-17-12-5-4-6-13-17)20(22)21-15-9-11-16-10-7-8-14-19(16)23-2/h4-8,10,12-14,18H,3,9,11,15H2,1-2H3,(H,21,22)/t18-/m0/s1. The summed E-state index contributed by atoms with van der Waals surface area (Å²) in [4.78, 5) is 12.3. The number of amides is 1. The van der Waals surface area contributed by atoms with Crippen molar-refractivity contribution in [1.82, 2.24) is 5.32 Å². The Labute approximate surface area is 143 Å². The van der Waals surface area contributed by atoms with Gasteiger partial charge in [0.2, 0.25) is 0 Å². The molecule has 2 rings (SSSR count). The summed E-state index contributed by atoms with van der Waals surface area (Å²) in [6, 6.07) is 17.4. The summed E-state index contributed by atoms with van der Waals surface area (Å²) < 4.78 is 11.1. The van der Waals surface area contributed by atoms with Gasteiger partial charge in [-0.3, -0.25) is 4.79 Å². The Morgan fingerprint density at radius 2 is 1.79 bits per heavy atom. The van der Waals surface area contributed by atoms with Crippen molar-refractivity contribution in [1.29, 1.82) is 0 Å². The average molecular weight is 327 g/mol. The lowest BCUT2D eigenvalue weighted by molar-refractivity contribution is -0.128. The molecule has 4 heteroatoms. The SMILES string of the molecule is CC[C@H](Oc1ccccc1)C(=O)NCCCc1ccccc1OC. The molecule has 0 aliphatic rings. The Morgan fingerprint density at radius 3 is 2.50 bits per heavy atom. The molecule has 4 nitrogen and oxygen atoms in total. The van der Waals surface area contributed by atoms with E-state index in [2.05, 4.69) is 5.32 Å². The smallest absolute Gasteiger partial charge is 0.261 e. The monoisotopic (exact) mass is 327 g/mol. The summed E-state index contributed by atoms with van der Waals surface area (Å²) in [7, 11) is 1.67. The average Bonchev–Trinajstić information content (AvgIpc) is 2.64. The lowest BCUT2D eigenvalue weighted by Gasteiger charge is -2.17. The van der Waals surface area contributed by atoms with Gasteiger partial charge in [-0.2, -0.15) is 0 Å². The van der Waals surface area contributed by atoms with E-state index in [0.717, 1.165) is 24.2 Å². The lowest BCUT2D eigenvalue weighted by Crippen LogP contribution is -2.38. The molecule has 0 saturated heterocycles. The summed E-state index contributed by atoms with van der Waals surface area (Å²) in [5.74, 6) is 1.54. The van der Waals surface area contributed by atoms with E-state index in [0.29, 0.717) is 18.7 Å². The second-order valence-electron chi connectivity index (χ2n) is 5.53. The number of carbonyl (C=O) groups is 1. The number of rotatable bonds is 9. The molecule has 0 aliphatic heterocycles. The maximum atomic E-state index is 12.3. The van der Waals surface area contributed by atoms with Crippen molar-refractivity contribution in [2.75, 3.05) is 13.7 Å². The zero-order chi connectivity index (χ0) is 17.2. The predicted octanol–water partition coefficient (Wildman–Crippen LogP) is 3.60. The van der Waals surface area contributed by atoms with Crippen LogP contribution in [0.5, 0.6) is 11.5 Å². The number of para-hydroxylation sites is 2. The third kappa shape index (κ3) is 5.30. The Hall–Kier alpha value is -2.49. The molecular weight excluding hydrogens is 302 g/mol. The first kappa shape index (κ1) is 17.9. The molecule has 1 N–H and O–H groups in total. The minimum Gasteiger partial charge on any atom is -0.496 e. The van der Waals surface area contributed by atoms with Gasteiger partial charge in [0, 0.05) is 6.54 Å². The molecule has 0 unspecified atom stereocenters. The van der Waals surface area contributed by atoms with Crippen LogP contribution < -0.4 is 14.8 Å². The van der Waals surface area contributed by atoms with Crippen LogP contribution in [0.15, 0.2) is 54.6 Å². The van der Waals surface area contributed by atoms with Crippen molar-refractivity contribution in [3.63, 3.8) is 0 Å². The van der Waals surface area contributed by atoms with Gasteiger partial charge < -0.3 is 14.8 Å². The Bertz CT molecular complexity index is 628. The van der Waals surface area contributed by atoms with Gasteiger partial charge in [-0.25, -0.2) is 0 Å². The second kappa shape index (κ2) is 9.60. The quantitative estimate of drug-likeness (QED) is 0.716. The normalized spacial score (nSPS) is 11.6. The minimum atomic E-state index is -0.460. The summed E-state index contributed by atoms with van der Waals surface area (Å²) in [6.45, 7) is 2.56. The zero-order valence-electron chi connectivity index (χ0n) is 14.3. The Morgan fingerprint density at radius 1 is 1.08 bits per heavy atom. The van der Waals surface area contributed by atoms with Crippen LogP contribution in [-0.4, -0.2) is 25.7 Å². The van der Waals surface area contributed by atoms with Gasteiger partial charge in [0.1, 0.15) is 11.5 Å². The maximum Gasteiger partial charge on any atom is 0.261 e. The highest BCUT2D eigenvalue weighted by Crippen LogP contribution is 2.18. The van der Waals surface area contributed by atoms with Crippen molar-refractivity contribution >= 4 is 5.91 Å². The van der Waals surface area contributed by atoms with Crippen LogP contribution in [0.4, 0.5) is 0 Å². The van der Waals surface area contributed by atoms with Gasteiger partial charge in [0.05, 0.1) is 7.11 Å². The maximum absolute atomic E-state index is 12.3. The second-order valence-corrected chi connectivity index (χ2v) is 5.53. The minimum absolute atomic E-state index is 0.0682. The molecule has 24 heavy (non-hydrogen) atoms. The zero-order valence-corrected chi connectivity index (χ0v) is 14.3. The molecular formula is C20H25NO3. The van der Waals surface area contributed by atoms with Crippen LogP contribution >= 0.6 is 0 Å². The highest BCUT2D eigenvalue weighted by Gasteiger charge is 2.17. The number of carbonyl (C=O) groups excluding carboxylic acids is 1. The molecule has 2 aromatic rings. The number of hydrogen-bond acceptors (Lipinski definition) is 3. The van der Waals surface area contributed by atoms with E-state index < -0.39 is 6.10 Å². The molecule has 0 fully saturated rings. The number of ether oxygens (including phenoxy) is 2. The number of nitrogens with one attached hydrogen (secondary N) is 1. The topological polar surface area (TPSA) is 47.6 Å². The molecule has 0 radical (unpaired) electrons. The fourth-order valence-corrected chi connectivity index (χ4v) is 2.50. The van der Waals surface area contributed by atoms with E-state index in [1.165, 1.54) is 0 Å². The van der Waals surface area contributed by atoms with Crippen molar-refractivity contribution in [3.8, 4) is 11.5 Å². The van der Waals surface area contributed by atoms with Crippen LogP contribution in [0.2, 0.25) is 0 Å². The van der Waals surface area contributed by atoms with E-state index in [4.69, 9.17) is 9.47 Å². The van der Waals surface area contributed by atoms with Crippen molar-refractivity contribution in [3.05, 3.63) is 60.2 Å². The number of aryl methyl sites for hydroxylation is 1. The fourth-order valence-electron chi connectivity index (χ4n) is 2.50. The molecule has 0 bridgehead atoms. The first-order chi connectivity index (χ1) is 11.7. The third-order valence-electron chi connectivity index (χ3n) is 3.80. The van der Waals surface area contributed by atoms with E-state index in [1.54, 1.807) is 7.11 Å². The number of methoxy groups -OCH3 is 1. The molecule has 128 valence electrons. The highest BCUT2D eigenvalue weighted by molar-refractivity contribution is 5.81. The van der Waals surface area contributed by atoms with Gasteiger partial charge >= 0.3 is 0 Å². The Kier molecular flexibility index (Phi) is 7.15. The molecule has 2 aromatic carbocycles. The molecule has 0 saturated carbocycles. The summed E-state index contributed by atoms with van der Waals surface area (Å²) in [6.07, 6.45) is 1.89. The van der Waals surface area contributed by atoms with Gasteiger partial charge in [0.25, 0.3) is 5.91 Å². The Balaban J connectivity index is 1.77. The van der Waals surface area contributed by atoms with Gasteiger partial charge in [-0.05, 0) is 43.0 Å². The van der Waals surface area contributed by atoms with Crippen molar-refractivity contribution < 1.29 is 14.3 Å². The van der Waals surface area contributed by atoms with Crippen LogP contribution in [0, 0.1) is 0 Å². The van der Waals surface area contributed by atoms with Crippen molar-refractivity contribution in [2.45, 2.75) is 32.3 Å². The fraction of sp³-hybridized carbons (Fsp3) is 0.350. The van der Waals surface area contributed by atoms with Gasteiger partial charge in [0.15, 0.2) is 6.10 Å². The largest absolute Gasteiger partial charge is 0.496 e. The summed E-state index contributed by atoms with van der Waals surface area (Å²) in [5, 5.41) is 2.96. The first-order valence-corrected chi connectivity index (χ1v) is 8.36. The third-order valence-corrected chi connectivity index (χ3v) is 3.80. The summed E-state index contributed by atoms with van der Waals surface area (Å²) in [5.41, 5.74) is 1.15. The van der Waals surface area contributed by atoms with Gasteiger partial charge in [-0.1, -0.05) is 43.3 Å². The molecule has 1 atom stereocenters. The van der Waals surface area contributed by atoms with E-state index in [-0.39, 0.29) is 5.91 Å². The number of hydrogen-bond donors (Lipinski definition) is 1. The van der Waals surface area contributed by atoms with Crippen LogP contribution in [0.1, 0.15) is 25.3 Å². The van der Waals surface area contributed by atoms with E-state index in [9.17, 15) is 4.79 Å². The van der Waals surface area contributed by atoms with E-state index in [1.807, 2.05) is 61.5 Å². The van der Waals surface area contributed by atoms with Crippen LogP contribution in [-0.2, 0) is 11.2 Å². The van der Waals surface area contributed by atoms with Crippen molar-refractivity contribution in [2.24, 2.45) is 0 Å². The first-order valence-electron chi connectivity index (χ1n) is 8.36. The predicted molar refractivity (Wildman–Crippen MR) is 95.5 cm³/mol. The molecule has 0 aromatic heterocycles. The van der Waals surface area contributed by atoms with E-state index >= 15 is 0 Å². The molecule has 0 aliphatic carbocycles. The number of benzene rings is 2. The highest BCUT2D eigenvalue weighted by atomic mass is 16.5. The van der Waals surface area contributed by atoms with Crippen LogP contribution in [0.3, 0.4) is 0 Å². The molecule has 1 amide bonds. The molecule has 0 spiro atoms. The summed E-state index contributed by atoms with van der Waals surface area (Å²) >= 11 is 0. The van der Waals surface area contributed by atoms with Gasteiger partial charge in [-0.15, -0.1) is 0 Å². The lowest BCUT2D eigenvalue weighted by atomic mass is 10.1. The van der Waals surface area contributed by atoms with Crippen LogP contribution in [0.25, 0.3) is 0 Å². The molecule has 0 heterocycles.